The van der Waals surface area contributed by atoms with Gasteiger partial charge in [0.25, 0.3) is 5.91 Å². The van der Waals surface area contributed by atoms with Gasteiger partial charge in [-0.05, 0) is 30.5 Å². The third kappa shape index (κ3) is 4.13. The molecule has 0 aliphatic carbocycles. The number of amides is 1. The van der Waals surface area contributed by atoms with Gasteiger partial charge in [0, 0.05) is 43.3 Å². The molecule has 0 spiro atoms. The van der Waals surface area contributed by atoms with E-state index < -0.39 is 11.7 Å². The number of hydrogen-bond acceptors (Lipinski definition) is 6. The second kappa shape index (κ2) is 7.75. The molecule has 1 saturated heterocycles. The van der Waals surface area contributed by atoms with Crippen molar-refractivity contribution >= 4 is 34.4 Å². The third-order valence-electron chi connectivity index (χ3n) is 4.73. The molecule has 3 aromatic rings. The summed E-state index contributed by atoms with van der Waals surface area (Å²) in [6.45, 7) is 3.82. The Balaban J connectivity index is 1.41. The molecule has 1 amide bonds. The monoisotopic (exact) mass is 438 g/mol. The smallest absolute Gasteiger partial charge is 0.353 e. The number of anilines is 1. The zero-order valence-corrected chi connectivity index (χ0v) is 17.1. The lowest BCUT2D eigenvalue weighted by Crippen LogP contribution is -2.49. The lowest BCUT2D eigenvalue weighted by molar-refractivity contribution is -0.137. The van der Waals surface area contributed by atoms with Crippen LogP contribution in [0.15, 0.2) is 35.2 Å². The fraction of sp³-hybridized carbons (Fsp3) is 0.316. The summed E-state index contributed by atoms with van der Waals surface area (Å²) >= 11 is 2.98. The molecule has 0 aromatic carbocycles. The fourth-order valence-corrected chi connectivity index (χ4v) is 4.87. The van der Waals surface area contributed by atoms with E-state index in [-0.39, 0.29) is 5.91 Å². The number of thiophene rings is 1. The predicted molar refractivity (Wildman–Crippen MR) is 108 cm³/mol. The molecule has 0 unspecified atom stereocenters. The number of pyridine rings is 1. The van der Waals surface area contributed by atoms with Crippen molar-refractivity contribution in [2.45, 2.75) is 13.1 Å². The van der Waals surface area contributed by atoms with Crippen LogP contribution in [0.4, 0.5) is 19.0 Å². The lowest BCUT2D eigenvalue weighted by Gasteiger charge is -2.35. The summed E-state index contributed by atoms with van der Waals surface area (Å²) in [6, 6.07) is 4.39. The molecular weight excluding hydrogens is 421 g/mol. The molecule has 3 aromatic heterocycles. The Morgan fingerprint density at radius 2 is 1.90 bits per heavy atom. The number of rotatable bonds is 3. The van der Waals surface area contributed by atoms with Crippen molar-refractivity contribution in [2.24, 2.45) is 0 Å². The Kier molecular flexibility index (Phi) is 5.30. The highest BCUT2D eigenvalue weighted by Crippen LogP contribution is 2.31. The van der Waals surface area contributed by atoms with Gasteiger partial charge >= 0.3 is 6.18 Å². The Labute approximate surface area is 173 Å². The van der Waals surface area contributed by atoms with Crippen LogP contribution in [0.1, 0.15) is 20.9 Å². The van der Waals surface area contributed by atoms with Crippen LogP contribution in [0.3, 0.4) is 0 Å². The first-order chi connectivity index (χ1) is 13.8. The van der Waals surface area contributed by atoms with Crippen molar-refractivity contribution in [3.8, 4) is 10.6 Å². The Bertz CT molecular complexity index is 992. The van der Waals surface area contributed by atoms with E-state index in [0.717, 1.165) is 22.8 Å². The first kappa shape index (κ1) is 19.8. The van der Waals surface area contributed by atoms with Crippen LogP contribution in [0.2, 0.25) is 0 Å². The maximum Gasteiger partial charge on any atom is 0.417 e. The molecule has 1 aliphatic rings. The third-order valence-corrected chi connectivity index (χ3v) is 6.60. The van der Waals surface area contributed by atoms with Crippen LogP contribution in [0, 0.1) is 6.92 Å². The zero-order valence-electron chi connectivity index (χ0n) is 15.4. The summed E-state index contributed by atoms with van der Waals surface area (Å²) in [5.74, 6) is 0.431. The van der Waals surface area contributed by atoms with Crippen molar-refractivity contribution in [3.63, 3.8) is 0 Å². The molecule has 0 bridgehead atoms. The molecule has 0 radical (unpaired) electrons. The minimum Gasteiger partial charge on any atom is -0.353 e. The number of aromatic nitrogens is 2. The summed E-state index contributed by atoms with van der Waals surface area (Å²) in [5.41, 5.74) is 0.963. The van der Waals surface area contributed by atoms with E-state index in [2.05, 4.69) is 9.97 Å². The molecule has 1 aliphatic heterocycles. The van der Waals surface area contributed by atoms with Crippen LogP contribution in [-0.2, 0) is 6.18 Å². The first-order valence-electron chi connectivity index (χ1n) is 8.90. The number of halogens is 3. The van der Waals surface area contributed by atoms with Crippen molar-refractivity contribution in [1.82, 2.24) is 14.9 Å². The number of alkyl halides is 3. The maximum atomic E-state index is 12.9. The van der Waals surface area contributed by atoms with Crippen LogP contribution in [-0.4, -0.2) is 47.0 Å². The molecule has 1 fully saturated rings. The molecule has 4 rings (SSSR count). The van der Waals surface area contributed by atoms with Crippen LogP contribution in [0.25, 0.3) is 10.6 Å². The second-order valence-corrected chi connectivity index (χ2v) is 8.41. The molecule has 10 heteroatoms. The minimum absolute atomic E-state index is 0.0542. The molecule has 0 saturated carbocycles. The van der Waals surface area contributed by atoms with Gasteiger partial charge in [-0.15, -0.1) is 11.3 Å². The first-order valence-corrected chi connectivity index (χ1v) is 10.7. The quantitative estimate of drug-likeness (QED) is 0.602. The van der Waals surface area contributed by atoms with Gasteiger partial charge in [-0.2, -0.15) is 24.5 Å². The normalized spacial score (nSPS) is 15.0. The second-order valence-electron chi connectivity index (χ2n) is 6.63. The van der Waals surface area contributed by atoms with Crippen molar-refractivity contribution in [2.75, 3.05) is 31.1 Å². The summed E-state index contributed by atoms with van der Waals surface area (Å²) in [7, 11) is 0. The van der Waals surface area contributed by atoms with E-state index in [1.54, 1.807) is 16.2 Å². The number of nitrogens with zero attached hydrogens (tertiary/aromatic N) is 4. The molecule has 5 nitrogen and oxygen atoms in total. The summed E-state index contributed by atoms with van der Waals surface area (Å²) < 4.78 is 38.1. The van der Waals surface area contributed by atoms with Crippen molar-refractivity contribution < 1.29 is 18.0 Å². The van der Waals surface area contributed by atoms with Gasteiger partial charge in [0.1, 0.15) is 15.7 Å². The number of piperazine rings is 1. The van der Waals surface area contributed by atoms with E-state index in [4.69, 9.17) is 0 Å². The summed E-state index contributed by atoms with van der Waals surface area (Å²) in [5, 5.41) is 4.81. The molecular formula is C19H17F3N4OS2. The Morgan fingerprint density at radius 1 is 1.14 bits per heavy atom. The van der Waals surface area contributed by atoms with Gasteiger partial charge in [-0.3, -0.25) is 4.79 Å². The average molecular weight is 439 g/mol. The highest BCUT2D eigenvalue weighted by molar-refractivity contribution is 7.17. The lowest BCUT2D eigenvalue weighted by atomic mass is 10.2. The number of hydrogen-bond donors (Lipinski definition) is 0. The van der Waals surface area contributed by atoms with Crippen LogP contribution >= 0.6 is 22.7 Å². The highest BCUT2D eigenvalue weighted by Gasteiger charge is 2.31. The van der Waals surface area contributed by atoms with Crippen molar-refractivity contribution in [3.05, 3.63) is 51.3 Å². The van der Waals surface area contributed by atoms with E-state index in [1.807, 2.05) is 28.7 Å². The van der Waals surface area contributed by atoms with Gasteiger partial charge in [-0.25, -0.2) is 9.97 Å². The van der Waals surface area contributed by atoms with Gasteiger partial charge in [-0.1, -0.05) is 0 Å². The van der Waals surface area contributed by atoms with E-state index in [9.17, 15) is 18.0 Å². The molecule has 152 valence electrons. The van der Waals surface area contributed by atoms with Gasteiger partial charge < -0.3 is 9.80 Å². The summed E-state index contributed by atoms with van der Waals surface area (Å²) in [4.78, 5) is 25.7. The molecule has 4 heterocycles. The SMILES string of the molecule is Cc1nc(-c2ccsc2)sc1C(=O)N1CCN(c2ccc(C(F)(F)F)cn2)CC1. The van der Waals surface area contributed by atoms with Crippen LogP contribution < -0.4 is 4.90 Å². The minimum atomic E-state index is -4.40. The van der Waals surface area contributed by atoms with Crippen molar-refractivity contribution in [1.29, 1.82) is 0 Å². The maximum absolute atomic E-state index is 12.9. The standard InChI is InChI=1S/C19H17F3N4OS2/c1-12-16(29-17(24-12)13-4-9-28-11-13)18(27)26-7-5-25(6-8-26)15-3-2-14(10-23-15)19(20,21)22/h2-4,9-11H,5-8H2,1H3. The topological polar surface area (TPSA) is 49.3 Å². The predicted octanol–water partition coefficient (Wildman–Crippen LogP) is 4.56. The van der Waals surface area contributed by atoms with E-state index in [0.29, 0.717) is 42.6 Å². The molecule has 0 N–H and O–H groups in total. The summed E-state index contributed by atoms with van der Waals surface area (Å²) in [6.07, 6.45) is -3.55. The largest absolute Gasteiger partial charge is 0.417 e. The number of carbonyl (C=O) groups excluding carboxylic acids is 1. The van der Waals surface area contributed by atoms with Crippen LogP contribution in [0.5, 0.6) is 0 Å². The number of thiazole rings is 1. The Morgan fingerprint density at radius 3 is 2.48 bits per heavy atom. The van der Waals surface area contributed by atoms with Gasteiger partial charge in [0.2, 0.25) is 0 Å². The fourth-order valence-electron chi connectivity index (χ4n) is 3.13. The Hall–Kier alpha value is -2.46. The molecule has 0 atom stereocenters. The van der Waals surface area contributed by atoms with Gasteiger partial charge in [0.05, 0.1) is 11.3 Å². The van der Waals surface area contributed by atoms with E-state index >= 15 is 0 Å². The molecule has 29 heavy (non-hydrogen) atoms. The average Bonchev–Trinajstić information content (AvgIpc) is 3.37. The van der Waals surface area contributed by atoms with E-state index in [1.165, 1.54) is 17.4 Å². The number of aryl methyl sites for hydroxylation is 1. The van der Waals surface area contributed by atoms with Gasteiger partial charge in [0.15, 0.2) is 0 Å². The highest BCUT2D eigenvalue weighted by atomic mass is 32.1. The number of carbonyl (C=O) groups is 1. The zero-order chi connectivity index (χ0) is 20.6.